The minimum atomic E-state index is -4.97. The van der Waals surface area contributed by atoms with Crippen molar-refractivity contribution in [2.75, 3.05) is 0 Å². The van der Waals surface area contributed by atoms with Gasteiger partial charge in [0, 0.05) is 0 Å². The highest BCUT2D eigenvalue weighted by molar-refractivity contribution is 8.10. The Balaban J connectivity index is 2.68. The lowest BCUT2D eigenvalue weighted by Crippen LogP contribution is -2.31. The van der Waals surface area contributed by atoms with Crippen molar-refractivity contribution in [2.45, 2.75) is 23.6 Å². The smallest absolute Gasteiger partial charge is 0.135 e. The SMILES string of the molecule is Cc1cccc(S(=O)(O)(O)c2cccc(C)c2)c1. The summed E-state index contributed by atoms with van der Waals surface area (Å²) in [5.41, 5.74) is 1.64. The fraction of sp³-hybridized carbons (Fsp3) is 0.143. The Bertz CT molecular complexity index is 604. The zero-order chi connectivity index (χ0) is 13.4. The average molecular weight is 264 g/mol. The molecule has 0 radical (unpaired) electrons. The quantitative estimate of drug-likeness (QED) is 0.873. The van der Waals surface area contributed by atoms with Crippen molar-refractivity contribution in [3.63, 3.8) is 0 Å². The van der Waals surface area contributed by atoms with Crippen molar-refractivity contribution in [1.29, 1.82) is 0 Å². The summed E-state index contributed by atoms with van der Waals surface area (Å²) in [4.78, 5) is 0.0511. The number of hydrogen-bond acceptors (Lipinski definition) is 1. The van der Waals surface area contributed by atoms with Crippen LogP contribution in [0, 0.1) is 13.8 Å². The molecule has 0 atom stereocenters. The Morgan fingerprint density at radius 2 is 1.22 bits per heavy atom. The van der Waals surface area contributed by atoms with Gasteiger partial charge in [0.25, 0.3) is 0 Å². The summed E-state index contributed by atoms with van der Waals surface area (Å²) in [5.74, 6) is 0. The summed E-state index contributed by atoms with van der Waals surface area (Å²) in [6.45, 7) is 3.62. The first kappa shape index (κ1) is 13.0. The van der Waals surface area contributed by atoms with E-state index in [1.807, 2.05) is 26.0 Å². The van der Waals surface area contributed by atoms with Crippen molar-refractivity contribution >= 4 is 9.63 Å². The third kappa shape index (κ3) is 2.22. The van der Waals surface area contributed by atoms with Gasteiger partial charge in [0.15, 0.2) is 0 Å². The molecule has 2 rings (SSSR count). The van der Waals surface area contributed by atoms with Crippen LogP contribution in [-0.2, 0) is 9.63 Å². The predicted molar refractivity (Wildman–Crippen MR) is 72.3 cm³/mol. The Morgan fingerprint density at radius 3 is 1.56 bits per heavy atom. The van der Waals surface area contributed by atoms with Crippen molar-refractivity contribution in [3.05, 3.63) is 59.7 Å². The average Bonchev–Trinajstić information content (AvgIpc) is 2.28. The van der Waals surface area contributed by atoms with Crippen LogP contribution in [-0.4, -0.2) is 13.3 Å². The van der Waals surface area contributed by atoms with Crippen molar-refractivity contribution in [2.24, 2.45) is 0 Å². The van der Waals surface area contributed by atoms with Crippen molar-refractivity contribution < 1.29 is 13.3 Å². The van der Waals surface area contributed by atoms with Gasteiger partial charge in [-0.15, -0.1) is 0 Å². The Hall–Kier alpha value is -1.49. The molecular weight excluding hydrogens is 248 g/mol. The van der Waals surface area contributed by atoms with Crippen LogP contribution in [0.1, 0.15) is 11.1 Å². The van der Waals surface area contributed by atoms with Gasteiger partial charge in [0.1, 0.15) is 9.63 Å². The molecule has 0 heterocycles. The molecule has 2 aromatic carbocycles. The van der Waals surface area contributed by atoms with Gasteiger partial charge in [-0.1, -0.05) is 24.3 Å². The Morgan fingerprint density at radius 1 is 0.833 bits per heavy atom. The van der Waals surface area contributed by atoms with E-state index in [0.29, 0.717) is 0 Å². The first-order valence-electron chi connectivity index (χ1n) is 5.58. The van der Waals surface area contributed by atoms with E-state index in [1.54, 1.807) is 12.1 Å². The maximum absolute atomic E-state index is 12.6. The van der Waals surface area contributed by atoms with Crippen LogP contribution in [0.15, 0.2) is 58.3 Å². The largest absolute Gasteiger partial charge is 0.301 e. The summed E-state index contributed by atoms with van der Waals surface area (Å²) in [6.07, 6.45) is 0. The topological polar surface area (TPSA) is 57.5 Å². The Labute approximate surface area is 107 Å². The summed E-state index contributed by atoms with van der Waals surface area (Å²) < 4.78 is 33.2. The summed E-state index contributed by atoms with van der Waals surface area (Å²) >= 11 is 0. The van der Waals surface area contributed by atoms with Crippen molar-refractivity contribution in [1.82, 2.24) is 0 Å². The molecule has 0 unspecified atom stereocenters. The highest BCUT2D eigenvalue weighted by atomic mass is 32.3. The molecule has 96 valence electrons. The lowest BCUT2D eigenvalue weighted by atomic mass is 10.2. The van der Waals surface area contributed by atoms with Gasteiger partial charge in [-0.2, -0.15) is 0 Å². The van der Waals surface area contributed by atoms with E-state index in [1.165, 1.54) is 24.3 Å². The van der Waals surface area contributed by atoms with E-state index < -0.39 is 9.63 Å². The van der Waals surface area contributed by atoms with Gasteiger partial charge in [0.2, 0.25) is 0 Å². The van der Waals surface area contributed by atoms with Crippen LogP contribution in [0.3, 0.4) is 0 Å². The molecule has 2 aromatic rings. The zero-order valence-electron chi connectivity index (χ0n) is 10.3. The maximum Gasteiger partial charge on any atom is 0.135 e. The molecule has 0 saturated carbocycles. The van der Waals surface area contributed by atoms with E-state index in [0.717, 1.165) is 11.1 Å². The maximum atomic E-state index is 12.6. The number of aryl methyl sites for hydroxylation is 2. The zero-order valence-corrected chi connectivity index (χ0v) is 11.1. The monoisotopic (exact) mass is 264 g/mol. The normalized spacial score (nSPS) is 13.9. The molecule has 18 heavy (non-hydrogen) atoms. The van der Waals surface area contributed by atoms with Gasteiger partial charge in [-0.3, -0.25) is 0 Å². The molecule has 0 amide bonds. The van der Waals surface area contributed by atoms with Crippen LogP contribution >= 0.6 is 0 Å². The van der Waals surface area contributed by atoms with Crippen LogP contribution in [0.5, 0.6) is 0 Å². The van der Waals surface area contributed by atoms with E-state index in [-0.39, 0.29) is 9.79 Å². The highest BCUT2D eigenvalue weighted by Gasteiger charge is 2.35. The molecule has 4 heteroatoms. The molecular formula is C14H16O3S. The highest BCUT2D eigenvalue weighted by Crippen LogP contribution is 2.37. The standard InChI is InChI=1S/C14H16O3S/c1-11-5-3-7-13(9-11)18(15,16,17)14-8-4-6-12(2)10-14/h3-10H,1-2H3,(H2,15,16,17). The van der Waals surface area contributed by atoms with Crippen LogP contribution in [0.25, 0.3) is 0 Å². The second kappa shape index (κ2) is 4.02. The van der Waals surface area contributed by atoms with Gasteiger partial charge < -0.3 is 9.11 Å². The third-order valence-corrected chi connectivity index (χ3v) is 5.04. The van der Waals surface area contributed by atoms with E-state index in [4.69, 9.17) is 0 Å². The predicted octanol–water partition coefficient (Wildman–Crippen LogP) is 3.49. The van der Waals surface area contributed by atoms with E-state index >= 15 is 0 Å². The second-order valence-corrected chi connectivity index (χ2v) is 7.17. The second-order valence-electron chi connectivity index (χ2n) is 4.50. The summed E-state index contributed by atoms with van der Waals surface area (Å²) in [7, 11) is -4.97. The Kier molecular flexibility index (Phi) is 2.89. The molecule has 0 fully saturated rings. The minimum absolute atomic E-state index is 0.0256. The molecule has 2 N–H and O–H groups in total. The fourth-order valence-corrected chi connectivity index (χ4v) is 3.54. The van der Waals surface area contributed by atoms with Gasteiger partial charge in [0.05, 0.1) is 9.79 Å². The first-order chi connectivity index (χ1) is 8.28. The number of benzene rings is 2. The summed E-state index contributed by atoms with van der Waals surface area (Å²) in [5, 5.41) is 0. The molecule has 0 bridgehead atoms. The van der Waals surface area contributed by atoms with Crippen molar-refractivity contribution in [3.8, 4) is 0 Å². The number of rotatable bonds is 2. The lowest BCUT2D eigenvalue weighted by molar-refractivity contribution is 0.389. The molecule has 0 saturated heterocycles. The molecule has 0 aliphatic carbocycles. The fourth-order valence-electron chi connectivity index (χ4n) is 1.82. The third-order valence-electron chi connectivity index (χ3n) is 2.83. The van der Waals surface area contributed by atoms with Crippen LogP contribution in [0.2, 0.25) is 0 Å². The van der Waals surface area contributed by atoms with E-state index in [9.17, 15) is 13.3 Å². The van der Waals surface area contributed by atoms with E-state index in [2.05, 4.69) is 0 Å². The molecule has 0 aliphatic heterocycles. The first-order valence-corrected chi connectivity index (χ1v) is 7.46. The molecule has 0 aromatic heterocycles. The summed E-state index contributed by atoms with van der Waals surface area (Å²) in [6, 6.07) is 12.9. The number of hydrogen-bond donors (Lipinski definition) is 2. The van der Waals surface area contributed by atoms with Gasteiger partial charge >= 0.3 is 0 Å². The molecule has 0 aliphatic rings. The van der Waals surface area contributed by atoms with Gasteiger partial charge in [-0.25, -0.2) is 4.21 Å². The minimum Gasteiger partial charge on any atom is -0.301 e. The van der Waals surface area contributed by atoms with Gasteiger partial charge in [-0.05, 0) is 49.2 Å². The molecule has 3 nitrogen and oxygen atoms in total. The van der Waals surface area contributed by atoms with Crippen LogP contribution < -0.4 is 0 Å². The molecule has 0 spiro atoms. The van der Waals surface area contributed by atoms with Crippen LogP contribution in [0.4, 0.5) is 0 Å². The lowest BCUT2D eigenvalue weighted by Gasteiger charge is -2.31.